The molecule has 0 saturated heterocycles. The molecule has 24 heavy (non-hydrogen) atoms. The fourth-order valence-electron chi connectivity index (χ4n) is 1.97. The van der Waals surface area contributed by atoms with Crippen molar-refractivity contribution in [3.05, 3.63) is 36.2 Å². The molecule has 2 rings (SSSR count). The molecule has 1 aromatic carbocycles. The monoisotopic (exact) mass is 330 g/mol. The van der Waals surface area contributed by atoms with E-state index in [0.29, 0.717) is 28.8 Å². The van der Waals surface area contributed by atoms with Gasteiger partial charge in [-0.25, -0.2) is 9.97 Å². The summed E-state index contributed by atoms with van der Waals surface area (Å²) < 4.78 is 10.5. The highest BCUT2D eigenvalue weighted by atomic mass is 16.5. The molecule has 7 nitrogen and oxygen atoms in total. The molecule has 1 heterocycles. The Bertz CT molecular complexity index is 706. The van der Waals surface area contributed by atoms with Crippen LogP contribution in [0.1, 0.15) is 30.8 Å². The minimum Gasteiger partial charge on any atom is -0.497 e. The summed E-state index contributed by atoms with van der Waals surface area (Å²) >= 11 is 0. The molecule has 0 aliphatic rings. The molecule has 0 bridgehead atoms. The summed E-state index contributed by atoms with van der Waals surface area (Å²) in [5.41, 5.74) is 0.984. The van der Waals surface area contributed by atoms with Crippen LogP contribution >= 0.6 is 0 Å². The van der Waals surface area contributed by atoms with Gasteiger partial charge in [0.15, 0.2) is 0 Å². The highest BCUT2D eigenvalue weighted by molar-refractivity contribution is 5.92. The van der Waals surface area contributed by atoms with Crippen molar-refractivity contribution in [3.63, 3.8) is 0 Å². The van der Waals surface area contributed by atoms with E-state index in [1.54, 1.807) is 38.5 Å². The molecule has 128 valence electrons. The van der Waals surface area contributed by atoms with E-state index in [9.17, 15) is 4.79 Å². The van der Waals surface area contributed by atoms with Crippen LogP contribution in [-0.2, 0) is 0 Å². The second kappa shape index (κ2) is 8.14. The second-order valence-corrected chi connectivity index (χ2v) is 5.24. The van der Waals surface area contributed by atoms with Crippen molar-refractivity contribution < 1.29 is 14.3 Å². The summed E-state index contributed by atoms with van der Waals surface area (Å²) in [4.78, 5) is 20.6. The van der Waals surface area contributed by atoms with Crippen LogP contribution in [0, 0.1) is 0 Å². The maximum atomic E-state index is 12.2. The Kier molecular flexibility index (Phi) is 5.95. The predicted octanol–water partition coefficient (Wildman–Crippen LogP) is 2.77. The molecule has 0 aliphatic carbocycles. The number of nitrogens with one attached hydrogen (secondary N) is 2. The van der Waals surface area contributed by atoms with E-state index in [1.807, 2.05) is 13.8 Å². The molecule has 1 atom stereocenters. The van der Waals surface area contributed by atoms with E-state index in [0.717, 1.165) is 6.42 Å². The molecule has 0 spiro atoms. The molecule has 1 aromatic heterocycles. The largest absolute Gasteiger partial charge is 0.497 e. The Labute approximate surface area is 141 Å². The van der Waals surface area contributed by atoms with Crippen LogP contribution in [-0.4, -0.2) is 36.1 Å². The van der Waals surface area contributed by atoms with Crippen LogP contribution in [0.2, 0.25) is 0 Å². The van der Waals surface area contributed by atoms with Crippen LogP contribution in [0.15, 0.2) is 30.5 Å². The number of hydrogen-bond acceptors (Lipinski definition) is 6. The molecular formula is C17H22N4O3. The Hall–Kier alpha value is -2.83. The number of rotatable bonds is 7. The molecule has 2 aromatic rings. The third-order valence-corrected chi connectivity index (χ3v) is 3.53. The van der Waals surface area contributed by atoms with E-state index < -0.39 is 0 Å². The first-order valence-corrected chi connectivity index (χ1v) is 7.70. The smallest absolute Gasteiger partial charge is 0.270 e. The van der Waals surface area contributed by atoms with Gasteiger partial charge in [-0.15, -0.1) is 0 Å². The maximum Gasteiger partial charge on any atom is 0.270 e. The lowest BCUT2D eigenvalue weighted by Gasteiger charge is -2.13. The van der Waals surface area contributed by atoms with Crippen LogP contribution in [0.5, 0.6) is 11.5 Å². The van der Waals surface area contributed by atoms with Crippen LogP contribution in [0.4, 0.5) is 11.6 Å². The van der Waals surface area contributed by atoms with E-state index in [2.05, 4.69) is 20.6 Å². The van der Waals surface area contributed by atoms with Gasteiger partial charge in [-0.2, -0.15) is 0 Å². The minimum absolute atomic E-state index is 0.0885. The Morgan fingerprint density at radius 1 is 1.25 bits per heavy atom. The zero-order valence-electron chi connectivity index (χ0n) is 14.3. The zero-order valence-corrected chi connectivity index (χ0v) is 14.3. The summed E-state index contributed by atoms with van der Waals surface area (Å²) in [6, 6.07) is 7.01. The number of anilines is 2. The van der Waals surface area contributed by atoms with Gasteiger partial charge in [0.2, 0.25) is 5.95 Å². The predicted molar refractivity (Wildman–Crippen MR) is 92.1 cm³/mol. The standard InChI is InChI=1S/C17H22N4O3/c1-5-11(2)19-16(22)14-8-9-18-17(21-14)20-13-7-6-12(23-3)10-15(13)24-4/h6-11H,5H2,1-4H3,(H,19,22)(H,18,20,21). The highest BCUT2D eigenvalue weighted by Crippen LogP contribution is 2.30. The summed E-state index contributed by atoms with van der Waals surface area (Å²) in [6.45, 7) is 3.95. The van der Waals surface area contributed by atoms with Gasteiger partial charge in [-0.3, -0.25) is 4.79 Å². The number of nitrogens with zero attached hydrogens (tertiary/aromatic N) is 2. The topological polar surface area (TPSA) is 85.4 Å². The van der Waals surface area contributed by atoms with Crippen molar-refractivity contribution >= 4 is 17.5 Å². The molecule has 1 amide bonds. The second-order valence-electron chi connectivity index (χ2n) is 5.24. The van der Waals surface area contributed by atoms with Crippen LogP contribution in [0.3, 0.4) is 0 Å². The van der Waals surface area contributed by atoms with E-state index in [1.165, 1.54) is 6.20 Å². The fourth-order valence-corrected chi connectivity index (χ4v) is 1.97. The third kappa shape index (κ3) is 4.34. The molecule has 1 unspecified atom stereocenters. The summed E-state index contributed by atoms with van der Waals surface area (Å²) in [7, 11) is 3.15. The first-order valence-electron chi connectivity index (χ1n) is 7.70. The summed E-state index contributed by atoms with van der Waals surface area (Å²) in [5, 5.41) is 5.93. The van der Waals surface area contributed by atoms with E-state index in [-0.39, 0.29) is 11.9 Å². The lowest BCUT2D eigenvalue weighted by molar-refractivity contribution is 0.0934. The van der Waals surface area contributed by atoms with Crippen molar-refractivity contribution in [3.8, 4) is 11.5 Å². The zero-order chi connectivity index (χ0) is 17.5. The first kappa shape index (κ1) is 17.5. The minimum atomic E-state index is -0.225. The van der Waals surface area contributed by atoms with E-state index >= 15 is 0 Å². The van der Waals surface area contributed by atoms with Crippen molar-refractivity contribution in [1.82, 2.24) is 15.3 Å². The lowest BCUT2D eigenvalue weighted by Crippen LogP contribution is -2.32. The maximum absolute atomic E-state index is 12.2. The van der Waals surface area contributed by atoms with Crippen molar-refractivity contribution in [2.75, 3.05) is 19.5 Å². The molecule has 2 N–H and O–H groups in total. The number of carbonyl (C=O) groups is 1. The number of aromatic nitrogens is 2. The Morgan fingerprint density at radius 3 is 2.71 bits per heavy atom. The molecule has 0 fully saturated rings. The number of ether oxygens (including phenoxy) is 2. The van der Waals surface area contributed by atoms with Gasteiger partial charge in [-0.05, 0) is 31.5 Å². The SMILES string of the molecule is CCC(C)NC(=O)c1ccnc(Nc2ccc(OC)cc2OC)n1. The van der Waals surface area contributed by atoms with Crippen molar-refractivity contribution in [2.45, 2.75) is 26.3 Å². The average Bonchev–Trinajstić information content (AvgIpc) is 2.62. The normalized spacial score (nSPS) is 11.5. The van der Waals surface area contributed by atoms with Crippen LogP contribution in [0.25, 0.3) is 0 Å². The van der Waals surface area contributed by atoms with Gasteiger partial charge in [0.05, 0.1) is 19.9 Å². The van der Waals surface area contributed by atoms with Crippen LogP contribution < -0.4 is 20.1 Å². The molecule has 0 saturated carbocycles. The average molecular weight is 330 g/mol. The van der Waals surface area contributed by atoms with E-state index in [4.69, 9.17) is 9.47 Å². The fraction of sp³-hybridized carbons (Fsp3) is 0.353. The molecule has 0 radical (unpaired) electrons. The van der Waals surface area contributed by atoms with Gasteiger partial charge in [0.1, 0.15) is 17.2 Å². The molecule has 7 heteroatoms. The first-order chi connectivity index (χ1) is 11.6. The highest BCUT2D eigenvalue weighted by Gasteiger charge is 2.12. The number of hydrogen-bond donors (Lipinski definition) is 2. The molecular weight excluding hydrogens is 308 g/mol. The van der Waals surface area contributed by atoms with Gasteiger partial charge in [0.25, 0.3) is 5.91 Å². The molecule has 0 aliphatic heterocycles. The van der Waals surface area contributed by atoms with Crippen molar-refractivity contribution in [2.24, 2.45) is 0 Å². The summed E-state index contributed by atoms with van der Waals surface area (Å²) in [6.07, 6.45) is 2.39. The van der Waals surface area contributed by atoms with Gasteiger partial charge in [-0.1, -0.05) is 6.92 Å². The Balaban J connectivity index is 2.19. The third-order valence-electron chi connectivity index (χ3n) is 3.53. The number of amides is 1. The quantitative estimate of drug-likeness (QED) is 0.812. The van der Waals surface area contributed by atoms with Gasteiger partial charge < -0.3 is 20.1 Å². The van der Waals surface area contributed by atoms with Gasteiger partial charge >= 0.3 is 0 Å². The number of carbonyl (C=O) groups excluding carboxylic acids is 1. The lowest BCUT2D eigenvalue weighted by atomic mass is 10.2. The van der Waals surface area contributed by atoms with Crippen molar-refractivity contribution in [1.29, 1.82) is 0 Å². The van der Waals surface area contributed by atoms with Gasteiger partial charge in [0, 0.05) is 18.3 Å². The number of methoxy groups -OCH3 is 2. The summed E-state index contributed by atoms with van der Waals surface area (Å²) in [5.74, 6) is 1.36. The Morgan fingerprint density at radius 2 is 2.04 bits per heavy atom. The number of benzene rings is 1.